The van der Waals surface area contributed by atoms with E-state index in [2.05, 4.69) is 5.10 Å². The first-order valence-electron chi connectivity index (χ1n) is 10.7. The number of aryl methyl sites for hydroxylation is 1. The lowest BCUT2D eigenvalue weighted by atomic mass is 10.1. The number of carbonyl (C=O) groups excluding carboxylic acids is 1. The molecule has 0 aliphatic heterocycles. The van der Waals surface area contributed by atoms with Gasteiger partial charge in [0.1, 0.15) is 17.8 Å². The largest absolute Gasteiger partial charge is 0.494 e. The van der Waals surface area contributed by atoms with Crippen molar-refractivity contribution in [2.24, 2.45) is 0 Å². The van der Waals surface area contributed by atoms with Crippen LogP contribution in [0.3, 0.4) is 0 Å². The third-order valence-electron chi connectivity index (χ3n) is 5.30. The number of ether oxygens (including phenoxy) is 1. The van der Waals surface area contributed by atoms with Crippen LogP contribution >= 0.6 is 0 Å². The standard InChI is InChI=1S/C25H26N4O3/c1-4-28(20-8-6-7-18(3)15-20)24(30)17-27-13-14-29-23(25(27)31)16-22(26-29)19-9-11-21(12-10-19)32-5-2/h6-16H,4-5,17H2,1-3H3. The number of carbonyl (C=O) groups is 1. The van der Waals surface area contributed by atoms with E-state index < -0.39 is 0 Å². The van der Waals surface area contributed by atoms with E-state index >= 15 is 0 Å². The molecule has 0 bridgehead atoms. The van der Waals surface area contributed by atoms with Crippen molar-refractivity contribution in [1.82, 2.24) is 14.2 Å². The Bertz CT molecular complexity index is 1310. The fourth-order valence-electron chi connectivity index (χ4n) is 3.71. The van der Waals surface area contributed by atoms with Crippen molar-refractivity contribution in [1.29, 1.82) is 0 Å². The van der Waals surface area contributed by atoms with Crippen LogP contribution in [0.2, 0.25) is 0 Å². The molecule has 4 aromatic rings. The molecule has 0 radical (unpaired) electrons. The summed E-state index contributed by atoms with van der Waals surface area (Å²) in [6.45, 7) is 6.93. The summed E-state index contributed by atoms with van der Waals surface area (Å²) < 4.78 is 8.46. The second-order valence-electron chi connectivity index (χ2n) is 7.52. The minimum atomic E-state index is -0.258. The molecule has 7 nitrogen and oxygen atoms in total. The summed E-state index contributed by atoms with van der Waals surface area (Å²) in [4.78, 5) is 27.7. The third kappa shape index (κ3) is 4.27. The van der Waals surface area contributed by atoms with Gasteiger partial charge in [-0.05, 0) is 68.8 Å². The van der Waals surface area contributed by atoms with Gasteiger partial charge >= 0.3 is 0 Å². The normalized spacial score (nSPS) is 11.0. The van der Waals surface area contributed by atoms with Gasteiger partial charge < -0.3 is 14.2 Å². The Balaban J connectivity index is 1.61. The Morgan fingerprint density at radius 2 is 1.84 bits per heavy atom. The van der Waals surface area contributed by atoms with Gasteiger partial charge in [0, 0.05) is 30.2 Å². The zero-order valence-corrected chi connectivity index (χ0v) is 18.5. The van der Waals surface area contributed by atoms with Crippen molar-refractivity contribution < 1.29 is 9.53 Å². The van der Waals surface area contributed by atoms with E-state index in [1.807, 2.05) is 69.3 Å². The van der Waals surface area contributed by atoms with Crippen molar-refractivity contribution in [3.05, 3.63) is 82.9 Å². The highest BCUT2D eigenvalue weighted by Gasteiger charge is 2.17. The van der Waals surface area contributed by atoms with E-state index in [0.29, 0.717) is 24.4 Å². The van der Waals surface area contributed by atoms with Gasteiger partial charge in [-0.3, -0.25) is 9.59 Å². The highest BCUT2D eigenvalue weighted by Crippen LogP contribution is 2.22. The number of hydrogen-bond donors (Lipinski definition) is 0. The van der Waals surface area contributed by atoms with E-state index in [1.54, 1.807) is 27.9 Å². The average Bonchev–Trinajstić information content (AvgIpc) is 3.22. The van der Waals surface area contributed by atoms with Crippen LogP contribution in [0.4, 0.5) is 5.69 Å². The van der Waals surface area contributed by atoms with E-state index in [0.717, 1.165) is 22.6 Å². The van der Waals surface area contributed by atoms with Gasteiger partial charge in [-0.1, -0.05) is 12.1 Å². The van der Waals surface area contributed by atoms with Crippen molar-refractivity contribution in [2.75, 3.05) is 18.1 Å². The van der Waals surface area contributed by atoms with E-state index in [-0.39, 0.29) is 18.0 Å². The molecule has 0 fully saturated rings. The molecule has 7 heteroatoms. The quantitative estimate of drug-likeness (QED) is 0.446. The van der Waals surface area contributed by atoms with Gasteiger partial charge in [0.05, 0.1) is 12.3 Å². The first-order chi connectivity index (χ1) is 15.5. The van der Waals surface area contributed by atoms with Crippen LogP contribution in [-0.2, 0) is 11.3 Å². The van der Waals surface area contributed by atoms with Crippen LogP contribution in [0.25, 0.3) is 16.8 Å². The molecule has 4 rings (SSSR count). The summed E-state index contributed by atoms with van der Waals surface area (Å²) in [6.07, 6.45) is 3.30. The minimum Gasteiger partial charge on any atom is -0.494 e. The molecule has 0 unspecified atom stereocenters. The molecule has 2 heterocycles. The van der Waals surface area contributed by atoms with Crippen molar-refractivity contribution in [3.8, 4) is 17.0 Å². The second-order valence-corrected chi connectivity index (χ2v) is 7.52. The molecule has 0 N–H and O–H groups in total. The number of anilines is 1. The fourth-order valence-corrected chi connectivity index (χ4v) is 3.71. The molecule has 0 spiro atoms. The Morgan fingerprint density at radius 1 is 1.06 bits per heavy atom. The lowest BCUT2D eigenvalue weighted by molar-refractivity contribution is -0.119. The topological polar surface area (TPSA) is 68.8 Å². The Hall–Kier alpha value is -3.87. The smallest absolute Gasteiger partial charge is 0.277 e. The molecule has 164 valence electrons. The summed E-state index contributed by atoms with van der Waals surface area (Å²) in [5, 5.41) is 4.52. The molecule has 0 saturated carbocycles. The maximum atomic E-state index is 13.1. The lowest BCUT2D eigenvalue weighted by Gasteiger charge is -2.22. The van der Waals surface area contributed by atoms with E-state index in [1.165, 1.54) is 4.57 Å². The molecule has 0 aliphatic rings. The van der Waals surface area contributed by atoms with Gasteiger partial charge in [0.2, 0.25) is 5.91 Å². The van der Waals surface area contributed by atoms with Crippen molar-refractivity contribution in [2.45, 2.75) is 27.3 Å². The molecular formula is C25H26N4O3. The first kappa shape index (κ1) is 21.4. The number of likely N-dealkylation sites (N-methyl/N-ethyl adjacent to an activating group) is 1. The minimum absolute atomic E-state index is 0.0410. The lowest BCUT2D eigenvalue weighted by Crippen LogP contribution is -2.36. The van der Waals surface area contributed by atoms with Crippen LogP contribution < -0.4 is 15.2 Å². The predicted molar refractivity (Wildman–Crippen MR) is 125 cm³/mol. The number of benzene rings is 2. The van der Waals surface area contributed by atoms with E-state index in [4.69, 9.17) is 4.74 Å². The summed E-state index contributed by atoms with van der Waals surface area (Å²) in [6, 6.07) is 17.1. The van der Waals surface area contributed by atoms with Gasteiger partial charge in [0.25, 0.3) is 5.56 Å². The fraction of sp³-hybridized carbons (Fsp3) is 0.240. The van der Waals surface area contributed by atoms with Crippen LogP contribution in [0.1, 0.15) is 19.4 Å². The molecule has 1 amide bonds. The van der Waals surface area contributed by atoms with Crippen LogP contribution in [0, 0.1) is 6.92 Å². The molecule has 0 aliphatic carbocycles. The molecule has 2 aromatic heterocycles. The molecule has 2 aromatic carbocycles. The first-order valence-corrected chi connectivity index (χ1v) is 10.7. The van der Waals surface area contributed by atoms with Gasteiger partial charge in [-0.25, -0.2) is 4.52 Å². The second kappa shape index (κ2) is 9.09. The molecule has 0 saturated heterocycles. The number of hydrogen-bond acceptors (Lipinski definition) is 4. The van der Waals surface area contributed by atoms with Crippen molar-refractivity contribution in [3.63, 3.8) is 0 Å². The van der Waals surface area contributed by atoms with E-state index in [9.17, 15) is 9.59 Å². The summed E-state index contributed by atoms with van der Waals surface area (Å²) in [7, 11) is 0. The SMILES string of the molecule is CCOc1ccc(-c2cc3c(=O)n(CC(=O)N(CC)c4cccc(C)c4)ccn3n2)cc1. The number of aromatic nitrogens is 3. The predicted octanol–water partition coefficient (Wildman–Crippen LogP) is 3.92. The molecular weight excluding hydrogens is 404 g/mol. The zero-order chi connectivity index (χ0) is 22.7. The highest BCUT2D eigenvalue weighted by molar-refractivity contribution is 5.93. The number of amides is 1. The van der Waals surface area contributed by atoms with Crippen molar-refractivity contribution >= 4 is 17.1 Å². The average molecular weight is 431 g/mol. The monoisotopic (exact) mass is 430 g/mol. The summed E-state index contributed by atoms with van der Waals surface area (Å²) >= 11 is 0. The maximum absolute atomic E-state index is 13.1. The number of rotatable bonds is 7. The van der Waals surface area contributed by atoms with Crippen LogP contribution in [-0.4, -0.2) is 33.2 Å². The number of nitrogens with zero attached hydrogens (tertiary/aromatic N) is 4. The van der Waals surface area contributed by atoms with Crippen LogP contribution in [0.15, 0.2) is 71.8 Å². The third-order valence-corrected chi connectivity index (χ3v) is 5.30. The Kier molecular flexibility index (Phi) is 6.07. The summed E-state index contributed by atoms with van der Waals surface area (Å²) in [5.74, 6) is 0.644. The van der Waals surface area contributed by atoms with Gasteiger partial charge in [-0.15, -0.1) is 0 Å². The maximum Gasteiger partial charge on any atom is 0.277 e. The Morgan fingerprint density at radius 3 is 2.53 bits per heavy atom. The zero-order valence-electron chi connectivity index (χ0n) is 18.5. The molecule has 0 atom stereocenters. The Labute approximate surface area is 186 Å². The number of fused-ring (bicyclic) bond motifs is 1. The van der Waals surface area contributed by atoms with Crippen LogP contribution in [0.5, 0.6) is 5.75 Å². The van der Waals surface area contributed by atoms with Gasteiger partial charge in [0.15, 0.2) is 0 Å². The highest BCUT2D eigenvalue weighted by atomic mass is 16.5. The summed E-state index contributed by atoms with van der Waals surface area (Å²) in [5.41, 5.74) is 3.63. The van der Waals surface area contributed by atoms with Gasteiger partial charge in [-0.2, -0.15) is 5.10 Å². The molecule has 32 heavy (non-hydrogen) atoms.